The van der Waals surface area contributed by atoms with Crippen LogP contribution in [0.25, 0.3) is 0 Å². The van der Waals surface area contributed by atoms with Gasteiger partial charge in [-0.25, -0.2) is 0 Å². The van der Waals surface area contributed by atoms with E-state index in [9.17, 15) is 9.59 Å². The lowest BCUT2D eigenvalue weighted by molar-refractivity contribution is -0.131. The Balaban J connectivity index is 2.26. The van der Waals surface area contributed by atoms with Crippen LogP contribution in [0.1, 0.15) is 29.8 Å². The molecule has 0 aliphatic heterocycles. The molecule has 2 rings (SSSR count). The Hall–Kier alpha value is -2.62. The summed E-state index contributed by atoms with van der Waals surface area (Å²) in [5, 5.41) is 2.86. The van der Waals surface area contributed by atoms with E-state index in [4.69, 9.17) is 4.74 Å². The molecule has 0 unspecified atom stereocenters. The predicted octanol–water partition coefficient (Wildman–Crippen LogP) is 3.43. The molecule has 0 saturated carbocycles. The van der Waals surface area contributed by atoms with Crippen LogP contribution in [-0.4, -0.2) is 11.9 Å². The quantitative estimate of drug-likeness (QED) is 0.691. The second-order valence-corrected chi connectivity index (χ2v) is 4.55. The molecule has 1 amide bonds. The average molecular weight is 283 g/mol. The topological polar surface area (TPSA) is 55.4 Å². The Morgan fingerprint density at radius 3 is 2.43 bits per heavy atom. The maximum Gasteiger partial charge on any atom is 0.308 e. The molecule has 2 aromatic rings. The van der Waals surface area contributed by atoms with Crippen molar-refractivity contribution in [3.8, 4) is 5.75 Å². The van der Waals surface area contributed by atoms with Crippen LogP contribution in [-0.2, 0) is 11.2 Å². The van der Waals surface area contributed by atoms with Gasteiger partial charge in [-0.3, -0.25) is 9.59 Å². The fraction of sp³-hybridized carbons (Fsp3) is 0.176. The van der Waals surface area contributed by atoms with Crippen LogP contribution in [0.15, 0.2) is 48.5 Å². The van der Waals surface area contributed by atoms with Crippen LogP contribution in [0.3, 0.4) is 0 Å². The van der Waals surface area contributed by atoms with Crippen LogP contribution < -0.4 is 10.1 Å². The van der Waals surface area contributed by atoms with E-state index in [0.717, 1.165) is 17.7 Å². The monoisotopic (exact) mass is 283 g/mol. The van der Waals surface area contributed by atoms with E-state index >= 15 is 0 Å². The molecule has 0 saturated heterocycles. The van der Waals surface area contributed by atoms with Crippen molar-refractivity contribution >= 4 is 17.6 Å². The highest BCUT2D eigenvalue weighted by molar-refractivity contribution is 6.06. The van der Waals surface area contributed by atoms with E-state index in [1.54, 1.807) is 24.3 Å². The maximum atomic E-state index is 12.4. The van der Waals surface area contributed by atoms with Crippen LogP contribution in [0.4, 0.5) is 5.69 Å². The Bertz CT molecular complexity index is 665. The minimum atomic E-state index is -0.454. The third kappa shape index (κ3) is 3.69. The summed E-state index contributed by atoms with van der Waals surface area (Å²) >= 11 is 0. The molecule has 0 atom stereocenters. The van der Waals surface area contributed by atoms with Gasteiger partial charge in [-0.05, 0) is 30.2 Å². The molecule has 108 valence electrons. The summed E-state index contributed by atoms with van der Waals surface area (Å²) in [7, 11) is 0. The number of rotatable bonds is 4. The highest BCUT2D eigenvalue weighted by atomic mass is 16.5. The maximum absolute atomic E-state index is 12.4. The minimum Gasteiger partial charge on any atom is -0.426 e. The van der Waals surface area contributed by atoms with E-state index in [1.807, 2.05) is 31.2 Å². The molecule has 2 aromatic carbocycles. The molecule has 0 spiro atoms. The summed E-state index contributed by atoms with van der Waals surface area (Å²) in [5.74, 6) is -0.492. The Kier molecular flexibility index (Phi) is 4.72. The molecule has 0 bridgehead atoms. The van der Waals surface area contributed by atoms with Crippen molar-refractivity contribution in [1.29, 1.82) is 0 Å². The fourth-order valence-electron chi connectivity index (χ4n) is 2.04. The third-order valence-corrected chi connectivity index (χ3v) is 3.03. The summed E-state index contributed by atoms with van der Waals surface area (Å²) in [6.45, 7) is 3.33. The van der Waals surface area contributed by atoms with Gasteiger partial charge in [-0.1, -0.05) is 37.3 Å². The van der Waals surface area contributed by atoms with Gasteiger partial charge in [0, 0.05) is 12.6 Å². The van der Waals surface area contributed by atoms with Crippen LogP contribution in [0, 0.1) is 0 Å². The molecular weight excluding hydrogens is 266 g/mol. The van der Waals surface area contributed by atoms with Crippen molar-refractivity contribution in [2.24, 2.45) is 0 Å². The largest absolute Gasteiger partial charge is 0.426 e. The van der Waals surface area contributed by atoms with Crippen molar-refractivity contribution in [2.75, 3.05) is 5.32 Å². The number of esters is 1. The Morgan fingerprint density at radius 2 is 1.71 bits per heavy atom. The Morgan fingerprint density at radius 1 is 1.05 bits per heavy atom. The molecule has 4 nitrogen and oxygen atoms in total. The standard InChI is InChI=1S/C17H17NO3/c1-3-13-8-4-6-10-15(13)18-17(20)14-9-5-7-11-16(14)21-12(2)19/h4-11H,3H2,1-2H3,(H,18,20). The summed E-state index contributed by atoms with van der Waals surface area (Å²) in [5.41, 5.74) is 2.15. The molecule has 0 heterocycles. The van der Waals surface area contributed by atoms with Crippen molar-refractivity contribution in [3.05, 3.63) is 59.7 Å². The van der Waals surface area contributed by atoms with Crippen molar-refractivity contribution in [2.45, 2.75) is 20.3 Å². The minimum absolute atomic E-state index is 0.261. The van der Waals surface area contributed by atoms with Crippen molar-refractivity contribution < 1.29 is 14.3 Å². The number of carbonyl (C=O) groups excluding carboxylic acids is 2. The van der Waals surface area contributed by atoms with Gasteiger partial charge < -0.3 is 10.1 Å². The zero-order valence-corrected chi connectivity index (χ0v) is 12.1. The first kappa shape index (κ1) is 14.8. The third-order valence-electron chi connectivity index (χ3n) is 3.03. The second-order valence-electron chi connectivity index (χ2n) is 4.55. The smallest absolute Gasteiger partial charge is 0.308 e. The van der Waals surface area contributed by atoms with Gasteiger partial charge in [0.1, 0.15) is 5.75 Å². The number of ether oxygens (including phenoxy) is 1. The van der Waals surface area contributed by atoms with Gasteiger partial charge in [0.15, 0.2) is 0 Å². The molecule has 4 heteroatoms. The zero-order chi connectivity index (χ0) is 15.2. The van der Waals surface area contributed by atoms with Crippen molar-refractivity contribution in [1.82, 2.24) is 0 Å². The SMILES string of the molecule is CCc1ccccc1NC(=O)c1ccccc1OC(C)=O. The number of amides is 1. The van der Waals surface area contributed by atoms with E-state index in [-0.39, 0.29) is 11.7 Å². The number of benzene rings is 2. The Labute approximate surface area is 123 Å². The predicted molar refractivity (Wildman–Crippen MR) is 81.5 cm³/mol. The first-order valence-corrected chi connectivity index (χ1v) is 6.78. The van der Waals surface area contributed by atoms with Crippen LogP contribution in [0.5, 0.6) is 5.75 Å². The number of aryl methyl sites for hydroxylation is 1. The molecule has 0 fully saturated rings. The van der Waals surface area contributed by atoms with E-state index in [2.05, 4.69) is 5.32 Å². The average Bonchev–Trinajstić information content (AvgIpc) is 2.47. The lowest BCUT2D eigenvalue weighted by Gasteiger charge is -2.12. The molecular formula is C17H17NO3. The number of nitrogens with one attached hydrogen (secondary N) is 1. The van der Waals surface area contributed by atoms with E-state index in [0.29, 0.717) is 5.56 Å². The zero-order valence-electron chi connectivity index (χ0n) is 12.1. The van der Waals surface area contributed by atoms with Gasteiger partial charge in [-0.15, -0.1) is 0 Å². The first-order valence-electron chi connectivity index (χ1n) is 6.78. The first-order chi connectivity index (χ1) is 10.1. The van der Waals surface area contributed by atoms with E-state index in [1.165, 1.54) is 6.92 Å². The highest BCUT2D eigenvalue weighted by Gasteiger charge is 2.14. The van der Waals surface area contributed by atoms with Gasteiger partial charge >= 0.3 is 5.97 Å². The normalized spacial score (nSPS) is 10.0. The van der Waals surface area contributed by atoms with Gasteiger partial charge in [-0.2, -0.15) is 0 Å². The summed E-state index contributed by atoms with van der Waals surface area (Å²) in [4.78, 5) is 23.5. The number of hydrogen-bond acceptors (Lipinski definition) is 3. The molecule has 0 radical (unpaired) electrons. The molecule has 0 aliphatic carbocycles. The van der Waals surface area contributed by atoms with E-state index < -0.39 is 5.97 Å². The molecule has 21 heavy (non-hydrogen) atoms. The molecule has 0 aliphatic rings. The van der Waals surface area contributed by atoms with Gasteiger partial charge in [0.2, 0.25) is 0 Å². The second kappa shape index (κ2) is 6.70. The van der Waals surface area contributed by atoms with Gasteiger partial charge in [0.25, 0.3) is 5.91 Å². The van der Waals surface area contributed by atoms with Crippen LogP contribution in [0.2, 0.25) is 0 Å². The summed E-state index contributed by atoms with van der Waals surface area (Å²) < 4.78 is 5.06. The summed E-state index contributed by atoms with van der Waals surface area (Å²) in [6, 6.07) is 14.3. The number of hydrogen-bond donors (Lipinski definition) is 1. The molecule has 0 aromatic heterocycles. The highest BCUT2D eigenvalue weighted by Crippen LogP contribution is 2.21. The number of carbonyl (C=O) groups is 2. The van der Waals surface area contributed by atoms with Crippen LogP contribution >= 0.6 is 0 Å². The fourth-order valence-corrected chi connectivity index (χ4v) is 2.04. The van der Waals surface area contributed by atoms with Crippen molar-refractivity contribution in [3.63, 3.8) is 0 Å². The lowest BCUT2D eigenvalue weighted by atomic mass is 10.1. The number of anilines is 1. The van der Waals surface area contributed by atoms with Gasteiger partial charge in [0.05, 0.1) is 5.56 Å². The summed E-state index contributed by atoms with van der Waals surface area (Å²) in [6.07, 6.45) is 0.821. The lowest BCUT2D eigenvalue weighted by Crippen LogP contribution is -2.15. The molecule has 1 N–H and O–H groups in total. The number of para-hydroxylation sites is 2.